The summed E-state index contributed by atoms with van der Waals surface area (Å²) in [5, 5.41) is 2.91. The van der Waals surface area contributed by atoms with E-state index >= 15 is 0 Å². The van der Waals surface area contributed by atoms with Gasteiger partial charge < -0.3 is 4.74 Å². The van der Waals surface area contributed by atoms with Crippen molar-refractivity contribution in [3.8, 4) is 11.3 Å². The molecule has 1 N–H and O–H groups in total. The average Bonchev–Trinajstić information content (AvgIpc) is 3.08. The third-order valence-electron chi connectivity index (χ3n) is 3.71. The van der Waals surface area contributed by atoms with Gasteiger partial charge in [0.15, 0.2) is 0 Å². The van der Waals surface area contributed by atoms with Crippen LogP contribution in [0, 0.1) is 6.92 Å². The number of hydrogen-bond acceptors (Lipinski definition) is 6. The Kier molecular flexibility index (Phi) is 5.64. The van der Waals surface area contributed by atoms with E-state index in [1.54, 1.807) is 35.6 Å². The summed E-state index contributed by atoms with van der Waals surface area (Å²) in [4.78, 5) is 16.1. The number of carbonyl (C=O) groups is 1. The highest BCUT2D eigenvalue weighted by Crippen LogP contribution is 2.26. The van der Waals surface area contributed by atoms with E-state index in [9.17, 15) is 13.2 Å². The van der Waals surface area contributed by atoms with Crippen LogP contribution in [-0.2, 0) is 14.8 Å². The predicted molar refractivity (Wildman–Crippen MR) is 109 cm³/mol. The number of ether oxygens (including phenoxy) is 1. The molecule has 6 nitrogen and oxygen atoms in total. The summed E-state index contributed by atoms with van der Waals surface area (Å²) in [5.41, 5.74) is 2.30. The lowest BCUT2D eigenvalue weighted by molar-refractivity contribution is 0.0599. The Morgan fingerprint density at radius 3 is 2.48 bits per heavy atom. The molecular weight excluding hydrogens is 452 g/mol. The van der Waals surface area contributed by atoms with E-state index in [2.05, 4.69) is 30.4 Å². The number of methoxy groups -OCH3 is 1. The minimum Gasteiger partial charge on any atom is -0.465 e. The fraction of sp³-hybridized carbons (Fsp3) is 0.111. The molecule has 0 fully saturated rings. The largest absolute Gasteiger partial charge is 0.465 e. The Bertz CT molecular complexity index is 1090. The molecule has 0 aliphatic heterocycles. The van der Waals surface area contributed by atoms with Crippen LogP contribution < -0.4 is 4.72 Å². The second-order valence-corrected chi connectivity index (χ2v) is 9.17. The van der Waals surface area contributed by atoms with E-state index < -0.39 is 16.0 Å². The Hall–Kier alpha value is -2.23. The number of esters is 1. The number of sulfonamides is 1. The maximum Gasteiger partial charge on any atom is 0.339 e. The van der Waals surface area contributed by atoms with Gasteiger partial charge in [0.2, 0.25) is 0 Å². The molecule has 1 aromatic heterocycles. The zero-order chi connectivity index (χ0) is 19.6. The molecule has 0 amide bonds. The zero-order valence-corrected chi connectivity index (χ0v) is 17.6. The SMILES string of the molecule is COC(=O)c1cc(S(=O)(=O)Nc2ccc(-c3csc(C)n3)cc2)ccc1Br. The number of thiazole rings is 1. The number of benzene rings is 2. The minimum absolute atomic E-state index is 0.0368. The molecule has 3 aromatic rings. The van der Waals surface area contributed by atoms with E-state index in [4.69, 9.17) is 0 Å². The highest BCUT2D eigenvalue weighted by molar-refractivity contribution is 9.10. The molecule has 140 valence electrons. The van der Waals surface area contributed by atoms with Crippen LogP contribution in [0.1, 0.15) is 15.4 Å². The van der Waals surface area contributed by atoms with Crippen LogP contribution in [0.5, 0.6) is 0 Å². The van der Waals surface area contributed by atoms with Gasteiger partial charge in [-0.3, -0.25) is 4.72 Å². The Balaban J connectivity index is 1.85. The average molecular weight is 467 g/mol. The molecule has 0 bridgehead atoms. The lowest BCUT2D eigenvalue weighted by Crippen LogP contribution is -2.14. The number of nitrogens with zero attached hydrogens (tertiary/aromatic N) is 1. The Labute approximate surface area is 169 Å². The molecule has 0 atom stereocenters. The maximum absolute atomic E-state index is 12.6. The molecule has 0 unspecified atom stereocenters. The van der Waals surface area contributed by atoms with Crippen molar-refractivity contribution in [3.05, 3.63) is 62.9 Å². The molecule has 0 aliphatic rings. The van der Waals surface area contributed by atoms with Gasteiger partial charge in [-0.25, -0.2) is 18.2 Å². The Morgan fingerprint density at radius 2 is 1.89 bits per heavy atom. The molecule has 0 aliphatic carbocycles. The molecule has 2 aromatic carbocycles. The molecule has 0 saturated heterocycles. The van der Waals surface area contributed by atoms with Crippen LogP contribution in [0.4, 0.5) is 5.69 Å². The van der Waals surface area contributed by atoms with E-state index in [0.717, 1.165) is 16.3 Å². The fourth-order valence-electron chi connectivity index (χ4n) is 2.36. The van der Waals surface area contributed by atoms with Gasteiger partial charge in [0.05, 0.1) is 28.3 Å². The van der Waals surface area contributed by atoms with Crippen molar-refractivity contribution in [2.75, 3.05) is 11.8 Å². The zero-order valence-electron chi connectivity index (χ0n) is 14.4. The third-order valence-corrected chi connectivity index (χ3v) is 6.55. The van der Waals surface area contributed by atoms with Gasteiger partial charge in [0, 0.05) is 21.1 Å². The lowest BCUT2D eigenvalue weighted by atomic mass is 10.1. The van der Waals surface area contributed by atoms with Crippen molar-refractivity contribution in [3.63, 3.8) is 0 Å². The predicted octanol–water partition coefficient (Wildman–Crippen LogP) is 4.47. The van der Waals surface area contributed by atoms with Crippen molar-refractivity contribution >= 4 is 48.9 Å². The first kappa shape index (κ1) is 19.5. The summed E-state index contributed by atoms with van der Waals surface area (Å²) in [6.07, 6.45) is 0. The van der Waals surface area contributed by atoms with Crippen LogP contribution in [0.2, 0.25) is 0 Å². The van der Waals surface area contributed by atoms with Gasteiger partial charge >= 0.3 is 5.97 Å². The summed E-state index contributed by atoms with van der Waals surface area (Å²) < 4.78 is 32.9. The monoisotopic (exact) mass is 466 g/mol. The summed E-state index contributed by atoms with van der Waals surface area (Å²) in [6.45, 7) is 1.93. The lowest BCUT2D eigenvalue weighted by Gasteiger charge is -2.10. The van der Waals surface area contributed by atoms with E-state index in [0.29, 0.717) is 10.2 Å². The standard InChI is InChI=1S/C18H15BrN2O4S2/c1-11-20-17(10-26-11)12-3-5-13(6-4-12)21-27(23,24)14-7-8-16(19)15(9-14)18(22)25-2/h3-10,21H,1-2H3. The van der Waals surface area contributed by atoms with Crippen LogP contribution >= 0.6 is 27.3 Å². The van der Waals surface area contributed by atoms with Crippen molar-refractivity contribution < 1.29 is 17.9 Å². The number of nitrogens with one attached hydrogen (secondary N) is 1. The third kappa shape index (κ3) is 4.37. The second kappa shape index (κ2) is 7.79. The summed E-state index contributed by atoms with van der Waals surface area (Å²) in [5.74, 6) is -0.623. The summed E-state index contributed by atoms with van der Waals surface area (Å²) in [6, 6.07) is 11.1. The minimum atomic E-state index is -3.86. The number of hydrogen-bond donors (Lipinski definition) is 1. The molecule has 0 spiro atoms. The van der Waals surface area contributed by atoms with Crippen LogP contribution in [0.15, 0.2) is 57.2 Å². The van der Waals surface area contributed by atoms with Gasteiger partial charge in [-0.15, -0.1) is 11.3 Å². The van der Waals surface area contributed by atoms with Gasteiger partial charge in [-0.2, -0.15) is 0 Å². The number of anilines is 1. The van der Waals surface area contributed by atoms with Gasteiger partial charge in [0.1, 0.15) is 0 Å². The van der Waals surface area contributed by atoms with Crippen LogP contribution in [-0.4, -0.2) is 26.5 Å². The molecular formula is C18H15BrN2O4S2. The topological polar surface area (TPSA) is 85.4 Å². The highest BCUT2D eigenvalue weighted by Gasteiger charge is 2.19. The second-order valence-electron chi connectivity index (χ2n) is 5.57. The van der Waals surface area contributed by atoms with E-state index in [1.165, 1.54) is 25.3 Å². The van der Waals surface area contributed by atoms with Crippen LogP contribution in [0.25, 0.3) is 11.3 Å². The number of aromatic nitrogens is 1. The van der Waals surface area contributed by atoms with Crippen molar-refractivity contribution in [1.29, 1.82) is 0 Å². The van der Waals surface area contributed by atoms with E-state index in [1.807, 2.05) is 12.3 Å². The highest BCUT2D eigenvalue weighted by atomic mass is 79.9. The fourth-order valence-corrected chi connectivity index (χ4v) is 4.47. The number of aryl methyl sites for hydroxylation is 1. The quantitative estimate of drug-likeness (QED) is 0.560. The van der Waals surface area contributed by atoms with Crippen molar-refractivity contribution in [2.45, 2.75) is 11.8 Å². The molecule has 0 saturated carbocycles. The number of carbonyl (C=O) groups excluding carboxylic acids is 1. The van der Waals surface area contributed by atoms with E-state index in [-0.39, 0.29) is 10.5 Å². The first-order valence-electron chi connectivity index (χ1n) is 7.73. The van der Waals surface area contributed by atoms with Crippen molar-refractivity contribution in [2.24, 2.45) is 0 Å². The molecule has 9 heteroatoms. The van der Waals surface area contributed by atoms with Gasteiger partial charge in [0.25, 0.3) is 10.0 Å². The first-order chi connectivity index (χ1) is 12.8. The molecule has 3 rings (SSSR count). The molecule has 0 radical (unpaired) electrons. The molecule has 1 heterocycles. The normalized spacial score (nSPS) is 11.2. The van der Waals surface area contributed by atoms with Crippen LogP contribution in [0.3, 0.4) is 0 Å². The summed E-state index contributed by atoms with van der Waals surface area (Å²) in [7, 11) is -2.62. The Morgan fingerprint density at radius 1 is 1.19 bits per heavy atom. The van der Waals surface area contributed by atoms with Gasteiger partial charge in [-0.1, -0.05) is 12.1 Å². The first-order valence-corrected chi connectivity index (χ1v) is 10.9. The maximum atomic E-state index is 12.6. The van der Waals surface area contributed by atoms with Crippen molar-refractivity contribution in [1.82, 2.24) is 4.98 Å². The van der Waals surface area contributed by atoms with Gasteiger partial charge in [-0.05, 0) is 53.2 Å². The summed E-state index contributed by atoms with van der Waals surface area (Å²) >= 11 is 4.77. The number of rotatable bonds is 5. The smallest absolute Gasteiger partial charge is 0.339 e. The molecule has 27 heavy (non-hydrogen) atoms. The number of halogens is 1.